The number of amides is 1. The second-order valence-corrected chi connectivity index (χ2v) is 5.81. The molecule has 116 valence electrons. The zero-order chi connectivity index (χ0) is 16.6. The minimum atomic E-state index is -0.291. The van der Waals surface area contributed by atoms with Crippen LogP contribution in [0.1, 0.15) is 21.5 Å². The summed E-state index contributed by atoms with van der Waals surface area (Å²) in [6, 6.07) is 12.3. The molecule has 5 heteroatoms. The normalized spacial score (nSPS) is 10.7. The van der Waals surface area contributed by atoms with Crippen LogP contribution in [0.2, 0.25) is 5.02 Å². The van der Waals surface area contributed by atoms with Gasteiger partial charge in [-0.25, -0.2) is 0 Å². The van der Waals surface area contributed by atoms with E-state index in [1.165, 1.54) is 0 Å². The Morgan fingerprint density at radius 3 is 2.57 bits per heavy atom. The van der Waals surface area contributed by atoms with E-state index in [4.69, 9.17) is 11.6 Å². The van der Waals surface area contributed by atoms with E-state index in [1.807, 2.05) is 19.1 Å². The van der Waals surface area contributed by atoms with Crippen molar-refractivity contribution in [3.63, 3.8) is 0 Å². The molecule has 0 aliphatic heterocycles. The van der Waals surface area contributed by atoms with E-state index >= 15 is 0 Å². The van der Waals surface area contributed by atoms with Crippen LogP contribution in [-0.4, -0.2) is 10.9 Å². The van der Waals surface area contributed by atoms with E-state index in [2.05, 4.69) is 10.3 Å². The number of hydrogen-bond acceptors (Lipinski definition) is 2. The SMILES string of the molecule is Cc1c(C)c2ccc(NC(=O)c3ccccc3Cl)cc2[nH]c1=O. The molecule has 1 heterocycles. The third-order valence-electron chi connectivity index (χ3n) is 3.95. The topological polar surface area (TPSA) is 62.0 Å². The molecule has 23 heavy (non-hydrogen) atoms. The molecule has 1 aromatic heterocycles. The van der Waals surface area contributed by atoms with Gasteiger partial charge in [-0.2, -0.15) is 0 Å². The van der Waals surface area contributed by atoms with Gasteiger partial charge in [-0.15, -0.1) is 0 Å². The lowest BCUT2D eigenvalue weighted by Crippen LogP contribution is -2.14. The fraction of sp³-hybridized carbons (Fsp3) is 0.111. The highest BCUT2D eigenvalue weighted by molar-refractivity contribution is 6.34. The summed E-state index contributed by atoms with van der Waals surface area (Å²) in [5.74, 6) is -0.291. The van der Waals surface area contributed by atoms with Gasteiger partial charge in [0.15, 0.2) is 0 Å². The molecule has 2 aromatic carbocycles. The molecule has 0 saturated heterocycles. The van der Waals surface area contributed by atoms with Gasteiger partial charge < -0.3 is 10.3 Å². The van der Waals surface area contributed by atoms with Gasteiger partial charge in [0.1, 0.15) is 0 Å². The van der Waals surface area contributed by atoms with Crippen molar-refractivity contribution < 1.29 is 4.79 Å². The third-order valence-corrected chi connectivity index (χ3v) is 4.28. The van der Waals surface area contributed by atoms with Crippen molar-refractivity contribution in [2.45, 2.75) is 13.8 Å². The number of anilines is 1. The molecule has 0 aliphatic carbocycles. The van der Waals surface area contributed by atoms with Crippen molar-refractivity contribution in [2.75, 3.05) is 5.32 Å². The van der Waals surface area contributed by atoms with Crippen molar-refractivity contribution in [3.05, 3.63) is 74.5 Å². The third kappa shape index (κ3) is 2.85. The van der Waals surface area contributed by atoms with Crippen LogP contribution in [0, 0.1) is 13.8 Å². The van der Waals surface area contributed by atoms with Gasteiger partial charge in [-0.05, 0) is 43.7 Å². The zero-order valence-electron chi connectivity index (χ0n) is 12.7. The minimum absolute atomic E-state index is 0.121. The van der Waals surface area contributed by atoms with Gasteiger partial charge in [-0.1, -0.05) is 29.8 Å². The Morgan fingerprint density at radius 1 is 1.09 bits per heavy atom. The molecular weight excluding hydrogens is 312 g/mol. The predicted molar refractivity (Wildman–Crippen MR) is 93.4 cm³/mol. The number of benzene rings is 2. The van der Waals surface area contributed by atoms with Gasteiger partial charge in [0.2, 0.25) is 0 Å². The monoisotopic (exact) mass is 326 g/mol. The van der Waals surface area contributed by atoms with Crippen LogP contribution in [0.4, 0.5) is 5.69 Å². The number of aromatic nitrogens is 1. The molecule has 4 nitrogen and oxygen atoms in total. The van der Waals surface area contributed by atoms with E-state index in [0.717, 1.165) is 10.9 Å². The summed E-state index contributed by atoms with van der Waals surface area (Å²) in [7, 11) is 0. The molecule has 0 bridgehead atoms. The van der Waals surface area contributed by atoms with Gasteiger partial charge in [-0.3, -0.25) is 9.59 Å². The van der Waals surface area contributed by atoms with Crippen LogP contribution in [0.5, 0.6) is 0 Å². The Kier molecular flexibility index (Phi) is 3.92. The molecule has 0 saturated carbocycles. The van der Waals surface area contributed by atoms with E-state index in [0.29, 0.717) is 27.4 Å². The van der Waals surface area contributed by atoms with Crippen LogP contribution < -0.4 is 10.9 Å². The molecule has 0 aliphatic rings. The first kappa shape index (κ1) is 15.3. The maximum atomic E-state index is 12.3. The highest BCUT2D eigenvalue weighted by atomic mass is 35.5. The predicted octanol–water partition coefficient (Wildman–Crippen LogP) is 4.05. The van der Waals surface area contributed by atoms with Gasteiger partial charge >= 0.3 is 0 Å². The number of fused-ring (bicyclic) bond motifs is 1. The standard InChI is InChI=1S/C18H15ClN2O2/c1-10-11(2)17(22)21-16-9-12(7-8-13(10)16)20-18(23)14-5-3-4-6-15(14)19/h3-9H,1-2H3,(H,20,23)(H,21,22). The molecule has 0 spiro atoms. The maximum absolute atomic E-state index is 12.3. The lowest BCUT2D eigenvalue weighted by molar-refractivity contribution is 0.102. The van der Waals surface area contributed by atoms with Crippen LogP contribution in [-0.2, 0) is 0 Å². The number of carbonyl (C=O) groups is 1. The summed E-state index contributed by atoms with van der Waals surface area (Å²) in [6.07, 6.45) is 0. The minimum Gasteiger partial charge on any atom is -0.322 e. The Labute approximate surface area is 138 Å². The highest BCUT2D eigenvalue weighted by Crippen LogP contribution is 2.22. The maximum Gasteiger partial charge on any atom is 0.257 e. The largest absolute Gasteiger partial charge is 0.322 e. The number of aryl methyl sites for hydroxylation is 1. The summed E-state index contributed by atoms with van der Waals surface area (Å²) in [6.45, 7) is 3.70. The molecule has 1 amide bonds. The summed E-state index contributed by atoms with van der Waals surface area (Å²) in [4.78, 5) is 27.0. The van der Waals surface area contributed by atoms with Crippen LogP contribution >= 0.6 is 11.6 Å². The number of carbonyl (C=O) groups excluding carboxylic acids is 1. The molecule has 0 radical (unpaired) electrons. The van der Waals surface area contributed by atoms with E-state index in [-0.39, 0.29) is 11.5 Å². The lowest BCUT2D eigenvalue weighted by Gasteiger charge is -2.10. The lowest BCUT2D eigenvalue weighted by atomic mass is 10.1. The van der Waals surface area contributed by atoms with Crippen molar-refractivity contribution in [3.8, 4) is 0 Å². The first-order valence-corrected chi connectivity index (χ1v) is 7.54. The highest BCUT2D eigenvalue weighted by Gasteiger charge is 2.11. The molecule has 0 fully saturated rings. The van der Waals surface area contributed by atoms with Crippen molar-refractivity contribution in [1.82, 2.24) is 4.98 Å². The zero-order valence-corrected chi connectivity index (χ0v) is 13.5. The average Bonchev–Trinajstić information content (AvgIpc) is 2.53. The molecule has 2 N–H and O–H groups in total. The van der Waals surface area contributed by atoms with Gasteiger partial charge in [0.05, 0.1) is 16.1 Å². The number of aromatic amines is 1. The van der Waals surface area contributed by atoms with Crippen LogP contribution in [0.15, 0.2) is 47.3 Å². The van der Waals surface area contributed by atoms with Gasteiger partial charge in [0, 0.05) is 16.6 Å². The van der Waals surface area contributed by atoms with E-state index in [9.17, 15) is 9.59 Å². The summed E-state index contributed by atoms with van der Waals surface area (Å²) in [5, 5.41) is 4.15. The van der Waals surface area contributed by atoms with Gasteiger partial charge in [0.25, 0.3) is 11.5 Å². The number of rotatable bonds is 2. The number of halogens is 1. The van der Waals surface area contributed by atoms with Crippen molar-refractivity contribution in [1.29, 1.82) is 0 Å². The Hall–Kier alpha value is -2.59. The second kappa shape index (κ2) is 5.89. The fourth-order valence-electron chi connectivity index (χ4n) is 2.48. The second-order valence-electron chi connectivity index (χ2n) is 5.40. The smallest absolute Gasteiger partial charge is 0.257 e. The Morgan fingerprint density at radius 2 is 1.83 bits per heavy atom. The summed E-state index contributed by atoms with van der Waals surface area (Å²) >= 11 is 6.03. The average molecular weight is 327 g/mol. The quantitative estimate of drug-likeness (QED) is 0.746. The summed E-state index contributed by atoms with van der Waals surface area (Å²) in [5.41, 5.74) is 3.21. The number of H-pyrrole nitrogens is 1. The molecule has 3 aromatic rings. The first-order valence-electron chi connectivity index (χ1n) is 7.16. The molecule has 0 unspecified atom stereocenters. The van der Waals surface area contributed by atoms with E-state index in [1.54, 1.807) is 37.3 Å². The molecule has 3 rings (SSSR count). The molecular formula is C18H15ClN2O2. The van der Waals surface area contributed by atoms with Crippen LogP contribution in [0.25, 0.3) is 10.9 Å². The number of pyridine rings is 1. The number of nitrogens with one attached hydrogen (secondary N) is 2. The first-order chi connectivity index (χ1) is 11.0. The van der Waals surface area contributed by atoms with Crippen LogP contribution in [0.3, 0.4) is 0 Å². The Balaban J connectivity index is 1.99. The summed E-state index contributed by atoms with van der Waals surface area (Å²) < 4.78 is 0. The van der Waals surface area contributed by atoms with Crippen molar-refractivity contribution in [2.24, 2.45) is 0 Å². The Bertz CT molecular complexity index is 976. The van der Waals surface area contributed by atoms with Crippen molar-refractivity contribution >= 4 is 34.1 Å². The molecule has 0 atom stereocenters. The van der Waals surface area contributed by atoms with E-state index < -0.39 is 0 Å². The fourth-order valence-corrected chi connectivity index (χ4v) is 2.71. The number of hydrogen-bond donors (Lipinski definition) is 2.